The van der Waals surface area contributed by atoms with Crippen molar-refractivity contribution in [3.63, 3.8) is 0 Å². The van der Waals surface area contributed by atoms with E-state index in [-0.39, 0.29) is 0 Å². The van der Waals surface area contributed by atoms with Gasteiger partial charge < -0.3 is 14.7 Å². The van der Waals surface area contributed by atoms with E-state index < -0.39 is 6.10 Å². The van der Waals surface area contributed by atoms with Crippen LogP contribution in [0.25, 0.3) is 11.4 Å². The van der Waals surface area contributed by atoms with Crippen molar-refractivity contribution in [1.29, 1.82) is 0 Å². The Balaban J connectivity index is 1.32. The average Bonchev–Trinajstić information content (AvgIpc) is 3.35. The van der Waals surface area contributed by atoms with E-state index in [0.29, 0.717) is 12.4 Å². The van der Waals surface area contributed by atoms with E-state index in [1.165, 1.54) is 19.3 Å². The van der Waals surface area contributed by atoms with Crippen LogP contribution in [0.3, 0.4) is 0 Å². The fourth-order valence-corrected chi connectivity index (χ4v) is 4.09. The second-order valence-electron chi connectivity index (χ2n) is 7.13. The van der Waals surface area contributed by atoms with Crippen LogP contribution in [-0.2, 0) is 4.74 Å². The number of ether oxygens (including phenoxy) is 1. The van der Waals surface area contributed by atoms with Gasteiger partial charge in [0.05, 0.1) is 6.10 Å². The maximum Gasteiger partial charge on any atom is 0.204 e. The number of β-amino-alcohol motifs (C(OH)–C–C–N with tert-alkyl or cyclic N) is 1. The van der Waals surface area contributed by atoms with Gasteiger partial charge in [0.1, 0.15) is 0 Å². The van der Waals surface area contributed by atoms with Gasteiger partial charge in [-0.1, -0.05) is 24.3 Å². The summed E-state index contributed by atoms with van der Waals surface area (Å²) in [5.74, 6) is 2.13. The van der Waals surface area contributed by atoms with Gasteiger partial charge in [-0.2, -0.15) is 5.21 Å². The quantitative estimate of drug-likeness (QED) is 0.858. The molecule has 4 rings (SSSR count). The highest BCUT2D eigenvalue weighted by Crippen LogP contribution is 2.32. The van der Waals surface area contributed by atoms with Crippen LogP contribution in [0.1, 0.15) is 30.9 Å². The van der Waals surface area contributed by atoms with Crippen molar-refractivity contribution in [3.05, 3.63) is 29.8 Å². The number of nitrogens with one attached hydrogen (secondary N) is 1. The summed E-state index contributed by atoms with van der Waals surface area (Å²) in [4.78, 5) is 2.40. The predicted molar refractivity (Wildman–Crippen MR) is 92.7 cm³/mol. The number of H-pyrrole nitrogens is 1. The van der Waals surface area contributed by atoms with Gasteiger partial charge in [0.25, 0.3) is 0 Å². The molecule has 7 heteroatoms. The Bertz CT molecular complexity index is 655. The van der Waals surface area contributed by atoms with Crippen LogP contribution in [0.4, 0.5) is 0 Å². The zero-order valence-corrected chi connectivity index (χ0v) is 14.3. The zero-order valence-electron chi connectivity index (χ0n) is 14.3. The Hall–Kier alpha value is -1.83. The summed E-state index contributed by atoms with van der Waals surface area (Å²) in [5, 5.41) is 24.5. The van der Waals surface area contributed by atoms with E-state index in [0.717, 1.165) is 49.3 Å². The van der Waals surface area contributed by atoms with Gasteiger partial charge in [-0.3, -0.25) is 0 Å². The Morgan fingerprint density at radius 3 is 2.68 bits per heavy atom. The molecule has 3 heterocycles. The third-order valence-electron chi connectivity index (χ3n) is 5.57. The van der Waals surface area contributed by atoms with Crippen molar-refractivity contribution in [2.24, 2.45) is 11.8 Å². The largest absolute Gasteiger partial charge is 0.387 e. The van der Waals surface area contributed by atoms with E-state index in [2.05, 4.69) is 25.5 Å². The van der Waals surface area contributed by atoms with Gasteiger partial charge >= 0.3 is 0 Å². The molecule has 0 amide bonds. The standard InChI is InChI=1S/C18H25N5O2/c24-17(14-1-3-15(4-2-14)18-19-21-22-20-18)12-23-8-5-16(11-23)13-6-9-25-10-7-13/h1-4,13,16-17,24H,5-12H2,(H,19,20,21,22). The molecule has 2 unspecified atom stereocenters. The van der Waals surface area contributed by atoms with Gasteiger partial charge in [-0.05, 0) is 48.4 Å². The molecule has 1 aromatic carbocycles. The van der Waals surface area contributed by atoms with Gasteiger partial charge in [-0.15, -0.1) is 10.2 Å². The minimum Gasteiger partial charge on any atom is -0.387 e. The second kappa shape index (κ2) is 7.59. The van der Waals surface area contributed by atoms with Crippen molar-refractivity contribution in [3.8, 4) is 11.4 Å². The van der Waals surface area contributed by atoms with E-state index in [4.69, 9.17) is 4.74 Å². The molecule has 2 saturated heterocycles. The smallest absolute Gasteiger partial charge is 0.204 e. The summed E-state index contributed by atoms with van der Waals surface area (Å²) < 4.78 is 5.48. The summed E-state index contributed by atoms with van der Waals surface area (Å²) in [5.41, 5.74) is 1.83. The number of rotatable bonds is 5. The van der Waals surface area contributed by atoms with Crippen LogP contribution in [0.15, 0.2) is 24.3 Å². The van der Waals surface area contributed by atoms with Crippen molar-refractivity contribution >= 4 is 0 Å². The molecule has 0 spiro atoms. The lowest BCUT2D eigenvalue weighted by Gasteiger charge is -2.28. The molecule has 0 saturated carbocycles. The number of likely N-dealkylation sites (tertiary alicyclic amines) is 1. The minimum absolute atomic E-state index is 0.465. The van der Waals surface area contributed by atoms with Crippen LogP contribution in [0, 0.1) is 11.8 Å². The molecule has 2 aromatic rings. The third kappa shape index (κ3) is 3.89. The highest BCUT2D eigenvalue weighted by molar-refractivity contribution is 5.54. The van der Waals surface area contributed by atoms with E-state index in [1.54, 1.807) is 0 Å². The molecule has 2 fully saturated rings. The summed E-state index contributed by atoms with van der Waals surface area (Å²) in [6, 6.07) is 7.75. The Morgan fingerprint density at radius 2 is 1.96 bits per heavy atom. The summed E-state index contributed by atoms with van der Waals surface area (Å²) in [6.07, 6.45) is 3.17. The molecule has 1 aromatic heterocycles. The third-order valence-corrected chi connectivity index (χ3v) is 5.57. The van der Waals surface area contributed by atoms with Crippen molar-refractivity contribution in [1.82, 2.24) is 25.5 Å². The molecular formula is C18H25N5O2. The summed E-state index contributed by atoms with van der Waals surface area (Å²) in [6.45, 7) is 4.71. The van der Waals surface area contributed by atoms with Gasteiger partial charge in [0, 0.05) is 31.9 Å². The molecule has 134 valence electrons. The minimum atomic E-state index is -0.465. The first-order chi connectivity index (χ1) is 12.3. The first kappa shape index (κ1) is 16.6. The van der Waals surface area contributed by atoms with Crippen LogP contribution in [0.2, 0.25) is 0 Å². The average molecular weight is 343 g/mol. The van der Waals surface area contributed by atoms with Crippen molar-refractivity contribution < 1.29 is 9.84 Å². The molecule has 7 nitrogen and oxygen atoms in total. The SMILES string of the molecule is OC(CN1CCC(C2CCOCC2)C1)c1ccc(-c2nn[nH]n2)cc1. The summed E-state index contributed by atoms with van der Waals surface area (Å²) >= 11 is 0. The molecule has 2 N–H and O–H groups in total. The monoisotopic (exact) mass is 343 g/mol. The molecule has 0 radical (unpaired) electrons. The Kier molecular flexibility index (Phi) is 5.05. The van der Waals surface area contributed by atoms with Gasteiger partial charge in [-0.25, -0.2) is 0 Å². The predicted octanol–water partition coefficient (Wildman–Crippen LogP) is 1.65. The number of aliphatic hydroxyl groups is 1. The lowest BCUT2D eigenvalue weighted by Crippen LogP contribution is -2.29. The number of nitrogens with zero attached hydrogens (tertiary/aromatic N) is 4. The number of hydrogen-bond donors (Lipinski definition) is 2. The number of tetrazole rings is 1. The first-order valence-corrected chi connectivity index (χ1v) is 9.11. The van der Waals surface area contributed by atoms with Crippen LogP contribution in [0.5, 0.6) is 0 Å². The maximum atomic E-state index is 10.6. The lowest BCUT2D eigenvalue weighted by molar-refractivity contribution is 0.0464. The van der Waals surface area contributed by atoms with Gasteiger partial charge in [0.15, 0.2) is 0 Å². The summed E-state index contributed by atoms with van der Waals surface area (Å²) in [7, 11) is 0. The molecular weight excluding hydrogens is 318 g/mol. The van der Waals surface area contributed by atoms with Gasteiger partial charge in [0.2, 0.25) is 5.82 Å². The second-order valence-corrected chi connectivity index (χ2v) is 7.13. The number of aromatic amines is 1. The molecule has 2 atom stereocenters. The molecule has 25 heavy (non-hydrogen) atoms. The van der Waals surface area contributed by atoms with Crippen molar-refractivity contribution in [2.75, 3.05) is 32.8 Å². The molecule has 0 aliphatic carbocycles. The Labute approximate surface area is 147 Å². The number of benzene rings is 1. The zero-order chi connectivity index (χ0) is 17.1. The van der Waals surface area contributed by atoms with E-state index in [1.807, 2.05) is 24.3 Å². The lowest BCUT2D eigenvalue weighted by atomic mass is 9.85. The number of aromatic nitrogens is 4. The fourth-order valence-electron chi connectivity index (χ4n) is 4.09. The normalized spacial score (nSPS) is 23.8. The highest BCUT2D eigenvalue weighted by Gasteiger charge is 2.31. The van der Waals surface area contributed by atoms with E-state index in [9.17, 15) is 5.11 Å². The molecule has 0 bridgehead atoms. The fraction of sp³-hybridized carbons (Fsp3) is 0.611. The van der Waals surface area contributed by atoms with Crippen LogP contribution < -0.4 is 0 Å². The molecule has 2 aliphatic rings. The van der Waals surface area contributed by atoms with Crippen LogP contribution >= 0.6 is 0 Å². The topological polar surface area (TPSA) is 87.2 Å². The maximum absolute atomic E-state index is 10.6. The molecule has 2 aliphatic heterocycles. The Morgan fingerprint density at radius 1 is 1.16 bits per heavy atom. The van der Waals surface area contributed by atoms with E-state index >= 15 is 0 Å². The number of aliphatic hydroxyl groups excluding tert-OH is 1. The first-order valence-electron chi connectivity index (χ1n) is 9.11. The van der Waals surface area contributed by atoms with Crippen molar-refractivity contribution in [2.45, 2.75) is 25.4 Å². The number of hydrogen-bond acceptors (Lipinski definition) is 6. The highest BCUT2D eigenvalue weighted by atomic mass is 16.5. The van der Waals surface area contributed by atoms with Crippen LogP contribution in [-0.4, -0.2) is 63.5 Å².